The molecular formula is C15H14ClNO2. The largest absolute Gasteiger partial charge is 0.465 e. The maximum Gasteiger partial charge on any atom is 0.237 e. The van der Waals surface area contributed by atoms with Gasteiger partial charge in [-0.05, 0) is 30.2 Å². The van der Waals surface area contributed by atoms with E-state index in [1.54, 1.807) is 12.4 Å². The van der Waals surface area contributed by atoms with Crippen molar-refractivity contribution in [3.05, 3.63) is 60.4 Å². The first-order valence-corrected chi connectivity index (χ1v) is 6.38. The number of carbonyl (C=O) groups excluding carboxylic acids is 1. The molecule has 0 saturated carbocycles. The number of nitrogens with zero attached hydrogens (tertiary/aromatic N) is 1. The second-order valence-corrected chi connectivity index (χ2v) is 4.78. The van der Waals surface area contributed by atoms with Crippen LogP contribution in [0.1, 0.15) is 12.0 Å². The molecule has 0 spiro atoms. The highest BCUT2D eigenvalue weighted by molar-refractivity contribution is 6.30. The number of rotatable bonds is 1. The number of pyridine rings is 1. The van der Waals surface area contributed by atoms with Crippen molar-refractivity contribution in [2.45, 2.75) is 17.9 Å². The number of fused-ring (bicyclic) bond motifs is 1. The standard InChI is InChI=1S/C10H9ClO2.C5H5N/c11-10(7-12)6-5-8-3-1-2-4-9(8)13-10;1-2-4-6-5-3-1/h1-4,7H,5-6H2;1-5H. The van der Waals surface area contributed by atoms with Gasteiger partial charge < -0.3 is 4.74 Å². The Morgan fingerprint density at radius 3 is 2.47 bits per heavy atom. The number of hydrogen-bond donors (Lipinski definition) is 0. The van der Waals surface area contributed by atoms with Crippen molar-refractivity contribution < 1.29 is 9.53 Å². The van der Waals surface area contributed by atoms with Crippen LogP contribution in [-0.4, -0.2) is 16.3 Å². The summed E-state index contributed by atoms with van der Waals surface area (Å²) in [4.78, 5) is 14.4. The molecule has 1 aliphatic heterocycles. The fourth-order valence-corrected chi connectivity index (χ4v) is 1.92. The number of aldehydes is 1. The number of benzene rings is 1. The number of aryl methyl sites for hydroxylation is 1. The van der Waals surface area contributed by atoms with Crippen molar-refractivity contribution in [2.24, 2.45) is 0 Å². The van der Waals surface area contributed by atoms with Gasteiger partial charge in [0.2, 0.25) is 5.06 Å². The summed E-state index contributed by atoms with van der Waals surface area (Å²) in [7, 11) is 0. The van der Waals surface area contributed by atoms with Crippen LogP contribution in [0.4, 0.5) is 0 Å². The number of hydrogen-bond acceptors (Lipinski definition) is 3. The molecule has 0 radical (unpaired) electrons. The number of halogens is 1. The van der Waals surface area contributed by atoms with Gasteiger partial charge in [0, 0.05) is 18.8 Å². The minimum atomic E-state index is -1.14. The van der Waals surface area contributed by atoms with E-state index in [1.165, 1.54) is 0 Å². The molecule has 0 saturated heterocycles. The first-order valence-electron chi connectivity index (χ1n) is 6.01. The summed E-state index contributed by atoms with van der Waals surface area (Å²) in [6.07, 6.45) is 5.48. The van der Waals surface area contributed by atoms with Crippen LogP contribution < -0.4 is 4.74 Å². The number of ether oxygens (including phenoxy) is 1. The maximum absolute atomic E-state index is 10.6. The average Bonchev–Trinajstić information content (AvgIpc) is 2.49. The molecule has 2 heterocycles. The lowest BCUT2D eigenvalue weighted by Gasteiger charge is -2.28. The summed E-state index contributed by atoms with van der Waals surface area (Å²) < 4.78 is 5.37. The molecule has 98 valence electrons. The molecule has 3 nitrogen and oxygen atoms in total. The summed E-state index contributed by atoms with van der Waals surface area (Å²) >= 11 is 5.90. The molecule has 0 fully saturated rings. The Morgan fingerprint density at radius 1 is 1.16 bits per heavy atom. The van der Waals surface area contributed by atoms with Gasteiger partial charge in [0.1, 0.15) is 5.75 Å². The van der Waals surface area contributed by atoms with Crippen LogP contribution in [0.5, 0.6) is 5.75 Å². The average molecular weight is 276 g/mol. The van der Waals surface area contributed by atoms with Crippen LogP contribution in [0, 0.1) is 0 Å². The highest BCUT2D eigenvalue weighted by Gasteiger charge is 2.33. The third-order valence-electron chi connectivity index (χ3n) is 2.73. The zero-order valence-electron chi connectivity index (χ0n) is 10.3. The summed E-state index contributed by atoms with van der Waals surface area (Å²) in [6, 6.07) is 13.3. The van der Waals surface area contributed by atoms with E-state index in [2.05, 4.69) is 4.98 Å². The Balaban J connectivity index is 0.000000186. The molecule has 0 amide bonds. The van der Waals surface area contributed by atoms with E-state index in [4.69, 9.17) is 16.3 Å². The minimum Gasteiger partial charge on any atom is -0.465 e. The second kappa shape index (κ2) is 6.34. The van der Waals surface area contributed by atoms with E-state index in [0.29, 0.717) is 12.7 Å². The summed E-state index contributed by atoms with van der Waals surface area (Å²) in [6.45, 7) is 0. The van der Waals surface area contributed by atoms with Crippen LogP contribution in [0.2, 0.25) is 0 Å². The van der Waals surface area contributed by atoms with Crippen LogP contribution in [0.15, 0.2) is 54.9 Å². The Hall–Kier alpha value is -1.87. The molecule has 1 atom stereocenters. The van der Waals surface area contributed by atoms with E-state index in [9.17, 15) is 4.79 Å². The first-order chi connectivity index (χ1) is 9.23. The van der Waals surface area contributed by atoms with Crippen molar-refractivity contribution >= 4 is 17.9 Å². The molecule has 19 heavy (non-hydrogen) atoms. The Morgan fingerprint density at radius 2 is 1.89 bits per heavy atom. The fourth-order valence-electron chi connectivity index (χ4n) is 1.74. The Bertz CT molecular complexity index is 506. The predicted octanol–water partition coefficient (Wildman–Crippen LogP) is 3.23. The second-order valence-electron chi connectivity index (χ2n) is 4.14. The van der Waals surface area contributed by atoms with Gasteiger partial charge in [0.05, 0.1) is 0 Å². The first kappa shape index (κ1) is 13.6. The number of aromatic nitrogens is 1. The zero-order chi connectivity index (χ0) is 13.6. The molecule has 1 unspecified atom stereocenters. The van der Waals surface area contributed by atoms with Crippen molar-refractivity contribution in [3.8, 4) is 5.75 Å². The normalized spacial score (nSPS) is 20.3. The van der Waals surface area contributed by atoms with E-state index in [0.717, 1.165) is 17.7 Å². The quantitative estimate of drug-likeness (QED) is 0.592. The third-order valence-corrected chi connectivity index (χ3v) is 3.09. The molecule has 2 aromatic rings. The lowest BCUT2D eigenvalue weighted by molar-refractivity contribution is -0.116. The van der Waals surface area contributed by atoms with Crippen molar-refractivity contribution in [1.82, 2.24) is 4.98 Å². The van der Waals surface area contributed by atoms with Crippen LogP contribution in [0.25, 0.3) is 0 Å². The highest BCUT2D eigenvalue weighted by Crippen LogP contribution is 2.34. The molecule has 3 rings (SSSR count). The molecule has 4 heteroatoms. The van der Waals surface area contributed by atoms with Gasteiger partial charge in [-0.1, -0.05) is 35.9 Å². The van der Waals surface area contributed by atoms with Crippen molar-refractivity contribution in [1.29, 1.82) is 0 Å². The van der Waals surface area contributed by atoms with Gasteiger partial charge in [-0.3, -0.25) is 9.78 Å². The smallest absolute Gasteiger partial charge is 0.237 e. The van der Waals surface area contributed by atoms with Gasteiger partial charge >= 0.3 is 0 Å². The highest BCUT2D eigenvalue weighted by atomic mass is 35.5. The molecule has 1 aliphatic rings. The van der Waals surface area contributed by atoms with Gasteiger partial charge in [0.15, 0.2) is 6.29 Å². The van der Waals surface area contributed by atoms with Crippen LogP contribution in [0.3, 0.4) is 0 Å². The molecule has 1 aromatic heterocycles. The van der Waals surface area contributed by atoms with Gasteiger partial charge in [-0.2, -0.15) is 0 Å². The Kier molecular flexibility index (Phi) is 4.53. The minimum absolute atomic E-state index is 0.537. The monoisotopic (exact) mass is 275 g/mol. The summed E-state index contributed by atoms with van der Waals surface area (Å²) in [5.41, 5.74) is 1.11. The van der Waals surface area contributed by atoms with Crippen LogP contribution >= 0.6 is 11.6 Å². The topological polar surface area (TPSA) is 39.2 Å². The third kappa shape index (κ3) is 3.80. The van der Waals surface area contributed by atoms with Gasteiger partial charge in [0.25, 0.3) is 0 Å². The van der Waals surface area contributed by atoms with E-state index in [1.807, 2.05) is 42.5 Å². The molecule has 0 N–H and O–H groups in total. The lowest BCUT2D eigenvalue weighted by Crippen LogP contribution is -2.35. The van der Waals surface area contributed by atoms with E-state index >= 15 is 0 Å². The number of alkyl halides is 1. The summed E-state index contributed by atoms with van der Waals surface area (Å²) in [5.74, 6) is 0.718. The van der Waals surface area contributed by atoms with Crippen molar-refractivity contribution in [3.63, 3.8) is 0 Å². The van der Waals surface area contributed by atoms with Crippen LogP contribution in [-0.2, 0) is 11.2 Å². The zero-order valence-corrected chi connectivity index (χ0v) is 11.1. The summed E-state index contributed by atoms with van der Waals surface area (Å²) in [5, 5.41) is -1.14. The molecular weight excluding hydrogens is 262 g/mol. The molecule has 0 aliphatic carbocycles. The molecule has 0 bridgehead atoms. The lowest BCUT2D eigenvalue weighted by atomic mass is 10.0. The maximum atomic E-state index is 10.6. The number of carbonyl (C=O) groups is 1. The Labute approximate surface area is 117 Å². The van der Waals surface area contributed by atoms with E-state index < -0.39 is 5.06 Å². The van der Waals surface area contributed by atoms with E-state index in [-0.39, 0.29) is 0 Å². The van der Waals surface area contributed by atoms with Gasteiger partial charge in [-0.15, -0.1) is 0 Å². The fraction of sp³-hybridized carbons (Fsp3) is 0.200. The van der Waals surface area contributed by atoms with Crippen molar-refractivity contribution in [2.75, 3.05) is 0 Å². The predicted molar refractivity (Wildman–Crippen MR) is 74.3 cm³/mol. The number of para-hydroxylation sites is 1. The van der Waals surface area contributed by atoms with Gasteiger partial charge in [-0.25, -0.2) is 0 Å². The SMILES string of the molecule is O=CC1(Cl)CCc2ccccc2O1.c1ccncc1. The molecule has 1 aromatic carbocycles.